The molecule has 0 aliphatic rings. The number of hydrogen-bond donors (Lipinski definition) is 1. The molecule has 0 unspecified atom stereocenters. The molecule has 0 spiro atoms. The average molecular weight is 383 g/mol. The Morgan fingerprint density at radius 1 is 1.08 bits per heavy atom. The second kappa shape index (κ2) is 5.98. The van der Waals surface area contributed by atoms with Gasteiger partial charge in [-0.3, -0.25) is 4.79 Å². The molecule has 0 saturated heterocycles. The van der Waals surface area contributed by atoms with E-state index in [0.717, 1.165) is 10.0 Å². The Morgan fingerprint density at radius 2 is 2.00 bits per heavy atom. The number of carbonyl (C=O) groups is 1. The highest BCUT2D eigenvalue weighted by atomic mass is 79.9. The first kappa shape index (κ1) is 14.7. The number of furan rings is 1. The van der Waals surface area contributed by atoms with Gasteiger partial charge in [0.25, 0.3) is 5.91 Å². The number of fused-ring (bicyclic) bond motifs is 1. The number of oxazole rings is 1. The molecule has 0 bridgehead atoms. The summed E-state index contributed by atoms with van der Waals surface area (Å²) in [6.45, 7) is 0. The van der Waals surface area contributed by atoms with Crippen molar-refractivity contribution in [3.63, 3.8) is 0 Å². The molecule has 5 nitrogen and oxygen atoms in total. The van der Waals surface area contributed by atoms with E-state index in [0.29, 0.717) is 22.7 Å². The van der Waals surface area contributed by atoms with Crippen LogP contribution in [-0.4, -0.2) is 10.9 Å². The standard InChI is InChI=1S/C18H11BrN2O3/c19-12-4-1-3-11(9-12)18-21-14-10-13(6-7-15(14)24-18)20-17(22)16-5-2-8-23-16/h1-10H,(H,20,22). The van der Waals surface area contributed by atoms with Gasteiger partial charge >= 0.3 is 0 Å². The fourth-order valence-electron chi connectivity index (χ4n) is 2.35. The van der Waals surface area contributed by atoms with Gasteiger partial charge in [-0.05, 0) is 48.5 Å². The minimum atomic E-state index is -0.310. The number of nitrogens with one attached hydrogen (secondary N) is 1. The summed E-state index contributed by atoms with van der Waals surface area (Å²) in [5.41, 5.74) is 2.82. The maximum absolute atomic E-state index is 12.0. The lowest BCUT2D eigenvalue weighted by molar-refractivity contribution is 0.0996. The van der Waals surface area contributed by atoms with E-state index in [9.17, 15) is 4.79 Å². The third-order valence-corrected chi connectivity index (χ3v) is 3.96. The molecule has 0 aliphatic carbocycles. The number of hydrogen-bond acceptors (Lipinski definition) is 4. The van der Waals surface area contributed by atoms with Gasteiger partial charge in [0.15, 0.2) is 11.3 Å². The third-order valence-electron chi connectivity index (χ3n) is 3.46. The van der Waals surface area contributed by atoms with Crippen molar-refractivity contribution in [1.29, 1.82) is 0 Å². The highest BCUT2D eigenvalue weighted by Crippen LogP contribution is 2.27. The molecule has 6 heteroatoms. The first-order valence-electron chi connectivity index (χ1n) is 7.20. The van der Waals surface area contributed by atoms with E-state index >= 15 is 0 Å². The van der Waals surface area contributed by atoms with Crippen LogP contribution in [0.2, 0.25) is 0 Å². The minimum absolute atomic E-state index is 0.255. The second-order valence-electron chi connectivity index (χ2n) is 5.14. The van der Waals surface area contributed by atoms with Gasteiger partial charge in [-0.1, -0.05) is 22.0 Å². The molecule has 2 aromatic carbocycles. The molecule has 2 heterocycles. The van der Waals surface area contributed by atoms with Crippen molar-refractivity contribution in [1.82, 2.24) is 4.98 Å². The van der Waals surface area contributed by atoms with Crippen molar-refractivity contribution in [2.75, 3.05) is 5.32 Å². The number of carbonyl (C=O) groups excluding carboxylic acids is 1. The van der Waals surface area contributed by atoms with Crippen LogP contribution in [0.5, 0.6) is 0 Å². The van der Waals surface area contributed by atoms with E-state index in [1.165, 1.54) is 6.26 Å². The lowest BCUT2D eigenvalue weighted by Crippen LogP contribution is -2.10. The van der Waals surface area contributed by atoms with Crippen LogP contribution in [0.15, 0.2) is 74.2 Å². The summed E-state index contributed by atoms with van der Waals surface area (Å²) in [5.74, 6) is 0.473. The highest BCUT2D eigenvalue weighted by Gasteiger charge is 2.12. The molecule has 0 saturated carbocycles. The predicted molar refractivity (Wildman–Crippen MR) is 93.8 cm³/mol. The summed E-state index contributed by atoms with van der Waals surface area (Å²) < 4.78 is 11.8. The molecule has 4 rings (SSSR count). The van der Waals surface area contributed by atoms with Crippen LogP contribution in [0.1, 0.15) is 10.6 Å². The van der Waals surface area contributed by atoms with E-state index in [-0.39, 0.29) is 11.7 Å². The Balaban J connectivity index is 1.65. The van der Waals surface area contributed by atoms with Crippen molar-refractivity contribution in [3.05, 3.63) is 71.1 Å². The Kier molecular flexibility index (Phi) is 3.66. The van der Waals surface area contributed by atoms with Crippen LogP contribution in [0.3, 0.4) is 0 Å². The molecular formula is C18H11BrN2O3. The van der Waals surface area contributed by atoms with E-state index in [1.54, 1.807) is 30.3 Å². The zero-order valence-corrected chi connectivity index (χ0v) is 13.9. The number of aromatic nitrogens is 1. The van der Waals surface area contributed by atoms with Crippen molar-refractivity contribution in [2.45, 2.75) is 0 Å². The molecule has 0 fully saturated rings. The zero-order chi connectivity index (χ0) is 16.5. The Morgan fingerprint density at radius 3 is 2.79 bits per heavy atom. The molecule has 4 aromatic rings. The molecule has 0 atom stereocenters. The maximum Gasteiger partial charge on any atom is 0.291 e. The van der Waals surface area contributed by atoms with Crippen LogP contribution >= 0.6 is 15.9 Å². The van der Waals surface area contributed by atoms with Crippen molar-refractivity contribution in [2.24, 2.45) is 0 Å². The number of amides is 1. The molecule has 24 heavy (non-hydrogen) atoms. The summed E-state index contributed by atoms with van der Waals surface area (Å²) in [5, 5.41) is 2.77. The van der Waals surface area contributed by atoms with Gasteiger partial charge in [-0.15, -0.1) is 0 Å². The first-order valence-corrected chi connectivity index (χ1v) is 8.00. The van der Waals surface area contributed by atoms with Crippen LogP contribution in [-0.2, 0) is 0 Å². The second-order valence-corrected chi connectivity index (χ2v) is 6.06. The van der Waals surface area contributed by atoms with Crippen LogP contribution in [0.4, 0.5) is 5.69 Å². The molecule has 118 valence electrons. The average Bonchev–Trinajstić information content (AvgIpc) is 3.24. The van der Waals surface area contributed by atoms with Gasteiger partial charge in [0.05, 0.1) is 6.26 Å². The molecule has 2 aromatic heterocycles. The zero-order valence-electron chi connectivity index (χ0n) is 12.3. The van der Waals surface area contributed by atoms with Gasteiger partial charge in [0.1, 0.15) is 5.52 Å². The Labute approximate surface area is 145 Å². The van der Waals surface area contributed by atoms with Crippen molar-refractivity contribution < 1.29 is 13.6 Å². The molecule has 0 radical (unpaired) electrons. The number of nitrogens with zero attached hydrogens (tertiary/aromatic N) is 1. The van der Waals surface area contributed by atoms with Gasteiger partial charge in [-0.25, -0.2) is 4.98 Å². The van der Waals surface area contributed by atoms with Gasteiger partial charge in [-0.2, -0.15) is 0 Å². The summed E-state index contributed by atoms with van der Waals surface area (Å²) in [4.78, 5) is 16.5. The topological polar surface area (TPSA) is 68.3 Å². The number of benzene rings is 2. The largest absolute Gasteiger partial charge is 0.459 e. The monoisotopic (exact) mass is 382 g/mol. The fraction of sp³-hybridized carbons (Fsp3) is 0. The normalized spacial score (nSPS) is 10.9. The number of rotatable bonds is 3. The van der Waals surface area contributed by atoms with Crippen LogP contribution in [0, 0.1) is 0 Å². The first-order chi connectivity index (χ1) is 11.7. The van der Waals surface area contributed by atoms with E-state index < -0.39 is 0 Å². The maximum atomic E-state index is 12.0. The Bertz CT molecular complexity index is 1020. The fourth-order valence-corrected chi connectivity index (χ4v) is 2.75. The lowest BCUT2D eigenvalue weighted by Gasteiger charge is -2.01. The van der Waals surface area contributed by atoms with Gasteiger partial charge in [0, 0.05) is 15.7 Å². The summed E-state index contributed by atoms with van der Waals surface area (Å²) in [6.07, 6.45) is 1.46. The van der Waals surface area contributed by atoms with Crippen molar-refractivity contribution in [3.8, 4) is 11.5 Å². The van der Waals surface area contributed by atoms with Crippen LogP contribution < -0.4 is 5.32 Å². The van der Waals surface area contributed by atoms with E-state index in [4.69, 9.17) is 8.83 Å². The lowest BCUT2D eigenvalue weighted by atomic mass is 10.2. The SMILES string of the molecule is O=C(Nc1ccc2oc(-c3cccc(Br)c3)nc2c1)c1ccco1. The van der Waals surface area contributed by atoms with Crippen molar-refractivity contribution >= 4 is 38.6 Å². The third kappa shape index (κ3) is 2.83. The summed E-state index contributed by atoms with van der Waals surface area (Å²) in [6, 6.07) is 16.3. The van der Waals surface area contributed by atoms with E-state index in [1.807, 2.05) is 24.3 Å². The molecule has 0 aliphatic heterocycles. The van der Waals surface area contributed by atoms with Gasteiger partial charge in [0.2, 0.25) is 5.89 Å². The van der Waals surface area contributed by atoms with Crippen LogP contribution in [0.25, 0.3) is 22.6 Å². The molecule has 1 amide bonds. The predicted octanol–water partition coefficient (Wildman–Crippen LogP) is 5.10. The molecular weight excluding hydrogens is 372 g/mol. The molecule has 1 N–H and O–H groups in total. The van der Waals surface area contributed by atoms with Gasteiger partial charge < -0.3 is 14.2 Å². The smallest absolute Gasteiger partial charge is 0.291 e. The highest BCUT2D eigenvalue weighted by molar-refractivity contribution is 9.10. The Hall–Kier alpha value is -2.86. The summed E-state index contributed by atoms with van der Waals surface area (Å²) in [7, 11) is 0. The minimum Gasteiger partial charge on any atom is -0.459 e. The summed E-state index contributed by atoms with van der Waals surface area (Å²) >= 11 is 3.44. The number of halogens is 1. The quantitative estimate of drug-likeness (QED) is 0.534. The van der Waals surface area contributed by atoms with E-state index in [2.05, 4.69) is 26.2 Å². The number of anilines is 1.